The van der Waals surface area contributed by atoms with Gasteiger partial charge in [-0.15, -0.1) is 10.2 Å². The van der Waals surface area contributed by atoms with Crippen LogP contribution in [0.2, 0.25) is 0 Å². The molecule has 8 nitrogen and oxygen atoms in total. The normalized spacial score (nSPS) is 17.4. The van der Waals surface area contributed by atoms with Crippen LogP contribution in [0.3, 0.4) is 0 Å². The molecule has 2 aromatic rings. The summed E-state index contributed by atoms with van der Waals surface area (Å²) in [4.78, 5) is 14.4. The van der Waals surface area contributed by atoms with Gasteiger partial charge in [-0.2, -0.15) is 5.10 Å². The minimum Gasteiger partial charge on any atom is -0.355 e. The zero-order valence-electron chi connectivity index (χ0n) is 15.9. The van der Waals surface area contributed by atoms with Crippen molar-refractivity contribution in [2.45, 2.75) is 45.2 Å². The lowest BCUT2D eigenvalue weighted by atomic mass is 9.97. The predicted molar refractivity (Wildman–Crippen MR) is 102 cm³/mol. The summed E-state index contributed by atoms with van der Waals surface area (Å²) < 4.78 is 3.89. The van der Waals surface area contributed by atoms with Gasteiger partial charge in [0.25, 0.3) is 0 Å². The fourth-order valence-electron chi connectivity index (χ4n) is 3.85. The van der Waals surface area contributed by atoms with E-state index in [0.29, 0.717) is 13.1 Å². The lowest BCUT2D eigenvalue weighted by Gasteiger charge is -2.27. The van der Waals surface area contributed by atoms with E-state index in [2.05, 4.69) is 36.2 Å². The van der Waals surface area contributed by atoms with Crippen LogP contribution in [0, 0.1) is 0 Å². The molecule has 1 amide bonds. The Balaban J connectivity index is 1.28. The number of nitrogens with one attached hydrogen (secondary N) is 1. The molecule has 1 aliphatic heterocycles. The van der Waals surface area contributed by atoms with Crippen molar-refractivity contribution in [3.63, 3.8) is 0 Å². The van der Waals surface area contributed by atoms with Gasteiger partial charge in [-0.3, -0.25) is 14.4 Å². The summed E-state index contributed by atoms with van der Waals surface area (Å²) in [6.45, 7) is 3.39. The summed E-state index contributed by atoms with van der Waals surface area (Å²) >= 11 is 0. The minimum absolute atomic E-state index is 0.0897. The van der Waals surface area contributed by atoms with Crippen LogP contribution in [0.5, 0.6) is 0 Å². The summed E-state index contributed by atoms with van der Waals surface area (Å²) in [6, 6.07) is 0. The molecule has 0 bridgehead atoms. The molecule has 0 saturated heterocycles. The third-order valence-electron chi connectivity index (χ3n) is 5.32. The average molecular weight is 369 g/mol. The van der Waals surface area contributed by atoms with Crippen LogP contribution in [-0.4, -0.2) is 55.0 Å². The molecular weight excluding hydrogens is 342 g/mol. The molecular formula is C19H27N7O. The Hall–Kier alpha value is -2.48. The van der Waals surface area contributed by atoms with Crippen molar-refractivity contribution >= 4 is 5.91 Å². The molecule has 27 heavy (non-hydrogen) atoms. The molecule has 2 aliphatic rings. The van der Waals surface area contributed by atoms with E-state index in [1.165, 1.54) is 31.3 Å². The van der Waals surface area contributed by atoms with E-state index in [0.717, 1.165) is 43.3 Å². The van der Waals surface area contributed by atoms with E-state index in [4.69, 9.17) is 0 Å². The van der Waals surface area contributed by atoms with E-state index in [1.807, 2.05) is 13.2 Å². The van der Waals surface area contributed by atoms with Crippen LogP contribution in [0.1, 0.15) is 37.9 Å². The second-order valence-corrected chi connectivity index (χ2v) is 7.41. The summed E-state index contributed by atoms with van der Waals surface area (Å²) in [5.74, 6) is 1.84. The van der Waals surface area contributed by atoms with Crippen molar-refractivity contribution in [3.05, 3.63) is 29.9 Å². The summed E-state index contributed by atoms with van der Waals surface area (Å²) in [5, 5.41) is 15.9. The molecule has 0 saturated carbocycles. The zero-order chi connectivity index (χ0) is 18.6. The first kappa shape index (κ1) is 17.9. The van der Waals surface area contributed by atoms with Gasteiger partial charge in [0, 0.05) is 32.9 Å². The van der Waals surface area contributed by atoms with Crippen molar-refractivity contribution < 1.29 is 4.79 Å². The van der Waals surface area contributed by atoms with Crippen molar-refractivity contribution in [2.75, 3.05) is 19.6 Å². The quantitative estimate of drug-likeness (QED) is 0.781. The first-order valence-corrected chi connectivity index (χ1v) is 9.77. The van der Waals surface area contributed by atoms with Crippen molar-refractivity contribution in [3.8, 4) is 11.4 Å². The monoisotopic (exact) mass is 369 g/mol. The van der Waals surface area contributed by atoms with Gasteiger partial charge < -0.3 is 9.88 Å². The summed E-state index contributed by atoms with van der Waals surface area (Å²) in [7, 11) is 1.89. The van der Waals surface area contributed by atoms with Crippen molar-refractivity contribution in [1.29, 1.82) is 0 Å². The van der Waals surface area contributed by atoms with Crippen molar-refractivity contribution in [1.82, 2.24) is 34.8 Å². The molecule has 4 rings (SSSR count). The standard InChI is InChI=1S/C19H27N7O/c1-24-12-16(11-21-24)19-23-22-17-13-25(9-10-26(17)19)14-18(27)20-8-7-15-5-3-2-4-6-15/h5,11-12H,2-4,6-10,13-14H2,1H3,(H,20,27). The maximum Gasteiger partial charge on any atom is 0.234 e. The Kier molecular flexibility index (Phi) is 5.33. The number of hydrogen-bond donors (Lipinski definition) is 1. The van der Waals surface area contributed by atoms with Gasteiger partial charge in [0.05, 0.1) is 24.8 Å². The van der Waals surface area contributed by atoms with Crippen LogP contribution < -0.4 is 5.32 Å². The topological polar surface area (TPSA) is 80.9 Å². The molecule has 3 heterocycles. The average Bonchev–Trinajstić information content (AvgIpc) is 3.28. The van der Waals surface area contributed by atoms with E-state index >= 15 is 0 Å². The Morgan fingerprint density at radius 3 is 2.96 bits per heavy atom. The number of aryl methyl sites for hydroxylation is 1. The number of amides is 1. The maximum atomic E-state index is 12.3. The van der Waals surface area contributed by atoms with E-state index in [9.17, 15) is 4.79 Å². The van der Waals surface area contributed by atoms with E-state index in [1.54, 1.807) is 10.9 Å². The van der Waals surface area contributed by atoms with Gasteiger partial charge in [-0.1, -0.05) is 11.6 Å². The van der Waals surface area contributed by atoms with Gasteiger partial charge in [-0.05, 0) is 32.1 Å². The number of rotatable bonds is 6. The molecule has 144 valence electrons. The highest BCUT2D eigenvalue weighted by Crippen LogP contribution is 2.21. The van der Waals surface area contributed by atoms with Gasteiger partial charge in [-0.25, -0.2) is 0 Å². The Bertz CT molecular complexity index is 835. The highest BCUT2D eigenvalue weighted by Gasteiger charge is 2.23. The molecule has 0 unspecified atom stereocenters. The number of carbonyl (C=O) groups excluding carboxylic acids is 1. The molecule has 0 aromatic carbocycles. The SMILES string of the molecule is Cn1cc(-c2nnc3n2CCN(CC(=O)NCCC2=CCCCC2)C3)cn1. The molecule has 0 atom stereocenters. The van der Waals surface area contributed by atoms with Gasteiger partial charge in [0.2, 0.25) is 5.91 Å². The smallest absolute Gasteiger partial charge is 0.234 e. The lowest BCUT2D eigenvalue weighted by molar-refractivity contribution is -0.122. The third-order valence-corrected chi connectivity index (χ3v) is 5.32. The molecule has 0 radical (unpaired) electrons. The van der Waals surface area contributed by atoms with Crippen LogP contribution in [-0.2, 0) is 24.9 Å². The Morgan fingerprint density at radius 1 is 1.26 bits per heavy atom. The minimum atomic E-state index is 0.0897. The lowest BCUT2D eigenvalue weighted by Crippen LogP contribution is -2.41. The van der Waals surface area contributed by atoms with Gasteiger partial charge in [0.15, 0.2) is 5.82 Å². The maximum absolute atomic E-state index is 12.3. The van der Waals surface area contributed by atoms with Crippen LogP contribution in [0.4, 0.5) is 0 Å². The molecule has 1 N–H and O–H groups in total. The summed E-state index contributed by atoms with van der Waals surface area (Å²) in [6.07, 6.45) is 12.0. The van der Waals surface area contributed by atoms with Crippen LogP contribution in [0.15, 0.2) is 24.0 Å². The molecule has 1 aliphatic carbocycles. The van der Waals surface area contributed by atoms with Crippen molar-refractivity contribution in [2.24, 2.45) is 7.05 Å². The first-order chi connectivity index (χ1) is 13.2. The van der Waals surface area contributed by atoms with E-state index < -0.39 is 0 Å². The zero-order valence-corrected chi connectivity index (χ0v) is 15.9. The molecule has 0 spiro atoms. The Labute approximate surface area is 159 Å². The number of allylic oxidation sites excluding steroid dienone is 1. The predicted octanol–water partition coefficient (Wildman–Crippen LogP) is 1.50. The molecule has 0 fully saturated rings. The van der Waals surface area contributed by atoms with E-state index in [-0.39, 0.29) is 5.91 Å². The second kappa shape index (κ2) is 8.04. The number of hydrogen-bond acceptors (Lipinski definition) is 5. The number of carbonyl (C=O) groups is 1. The van der Waals surface area contributed by atoms with Crippen LogP contribution >= 0.6 is 0 Å². The highest BCUT2D eigenvalue weighted by atomic mass is 16.2. The molecule has 8 heteroatoms. The fourth-order valence-corrected chi connectivity index (χ4v) is 3.85. The van der Waals surface area contributed by atoms with Gasteiger partial charge in [0.1, 0.15) is 5.82 Å². The number of nitrogens with zero attached hydrogens (tertiary/aromatic N) is 6. The largest absolute Gasteiger partial charge is 0.355 e. The fraction of sp³-hybridized carbons (Fsp3) is 0.579. The van der Waals surface area contributed by atoms with Crippen LogP contribution in [0.25, 0.3) is 11.4 Å². The summed E-state index contributed by atoms with van der Waals surface area (Å²) in [5.41, 5.74) is 2.47. The first-order valence-electron chi connectivity index (χ1n) is 9.77. The third kappa shape index (κ3) is 4.27. The number of fused-ring (bicyclic) bond motifs is 1. The second-order valence-electron chi connectivity index (χ2n) is 7.41. The molecule has 2 aromatic heterocycles. The Morgan fingerprint density at radius 2 is 2.19 bits per heavy atom. The van der Waals surface area contributed by atoms with Gasteiger partial charge >= 0.3 is 0 Å². The number of aromatic nitrogens is 5. The highest BCUT2D eigenvalue weighted by molar-refractivity contribution is 5.78.